The Morgan fingerprint density at radius 3 is 2.11 bits per heavy atom. The summed E-state index contributed by atoms with van der Waals surface area (Å²) in [5.74, 6) is -0.0433. The maximum atomic E-state index is 13.6. The molecule has 7 heteroatoms. The lowest BCUT2D eigenvalue weighted by molar-refractivity contribution is -0.143. The van der Waals surface area contributed by atoms with Crippen LogP contribution in [0.3, 0.4) is 0 Å². The number of nitrogens with zero attached hydrogens (tertiary/aromatic N) is 1. The average Bonchev–Trinajstić information content (AvgIpc) is 2.82. The van der Waals surface area contributed by atoms with Gasteiger partial charge in [-0.05, 0) is 57.5 Å². The van der Waals surface area contributed by atoms with Crippen LogP contribution in [0.15, 0.2) is 72.8 Å². The third-order valence-corrected chi connectivity index (χ3v) is 6.25. The molecule has 3 aromatic carbocycles. The van der Waals surface area contributed by atoms with Gasteiger partial charge in [-0.2, -0.15) is 0 Å². The molecule has 0 aliphatic carbocycles. The minimum Gasteiger partial charge on any atom is -0.484 e. The van der Waals surface area contributed by atoms with Gasteiger partial charge in [0.1, 0.15) is 11.8 Å². The third-order valence-electron chi connectivity index (χ3n) is 5.54. The Morgan fingerprint density at radius 1 is 0.917 bits per heavy atom. The number of hydrogen-bond donors (Lipinski definition) is 1. The molecule has 3 aromatic rings. The van der Waals surface area contributed by atoms with Gasteiger partial charge in [0.25, 0.3) is 5.91 Å². The molecule has 3 rings (SSSR count). The van der Waals surface area contributed by atoms with Gasteiger partial charge in [0.05, 0.1) is 0 Å². The van der Waals surface area contributed by atoms with E-state index in [-0.39, 0.29) is 25.0 Å². The smallest absolute Gasteiger partial charge is 0.261 e. The molecular weight excluding hydrogens is 495 g/mol. The molecule has 2 amide bonds. The second kappa shape index (κ2) is 12.3. The number of carbonyl (C=O) groups excluding carboxylic acids is 2. The van der Waals surface area contributed by atoms with Crippen molar-refractivity contribution in [1.82, 2.24) is 10.2 Å². The second-order valence-corrected chi connectivity index (χ2v) is 10.6. The molecule has 0 aliphatic heterocycles. The maximum Gasteiger partial charge on any atom is 0.261 e. The van der Waals surface area contributed by atoms with Crippen molar-refractivity contribution in [3.63, 3.8) is 0 Å². The number of halogens is 2. The zero-order chi connectivity index (χ0) is 26.3. The van der Waals surface area contributed by atoms with Crippen LogP contribution in [0.4, 0.5) is 0 Å². The molecule has 0 spiro atoms. The first-order chi connectivity index (χ1) is 17.0. The van der Waals surface area contributed by atoms with Gasteiger partial charge in [-0.1, -0.05) is 77.3 Å². The van der Waals surface area contributed by atoms with E-state index >= 15 is 0 Å². The summed E-state index contributed by atoms with van der Waals surface area (Å²) < 4.78 is 5.79. The predicted molar refractivity (Wildman–Crippen MR) is 146 cm³/mol. The van der Waals surface area contributed by atoms with E-state index in [4.69, 9.17) is 27.9 Å². The van der Waals surface area contributed by atoms with Gasteiger partial charge in [0, 0.05) is 34.1 Å². The number of ether oxygens (including phenoxy) is 1. The summed E-state index contributed by atoms with van der Waals surface area (Å²) in [6.07, 6.45) is 0.321. The Balaban J connectivity index is 1.97. The van der Waals surface area contributed by atoms with Crippen molar-refractivity contribution in [2.75, 3.05) is 6.61 Å². The molecule has 1 atom stereocenters. The number of rotatable bonds is 9. The highest BCUT2D eigenvalue weighted by molar-refractivity contribution is 6.36. The van der Waals surface area contributed by atoms with Crippen molar-refractivity contribution < 1.29 is 14.3 Å². The summed E-state index contributed by atoms with van der Waals surface area (Å²) >= 11 is 12.9. The molecule has 1 unspecified atom stereocenters. The zero-order valence-corrected chi connectivity index (χ0v) is 22.6. The predicted octanol–water partition coefficient (Wildman–Crippen LogP) is 6.24. The molecule has 5 nitrogen and oxygen atoms in total. The monoisotopic (exact) mass is 526 g/mol. The highest BCUT2D eigenvalue weighted by atomic mass is 35.5. The van der Waals surface area contributed by atoms with Gasteiger partial charge in [0.15, 0.2) is 6.61 Å². The Morgan fingerprint density at radius 2 is 1.53 bits per heavy atom. The largest absolute Gasteiger partial charge is 0.484 e. The van der Waals surface area contributed by atoms with Crippen LogP contribution in [0, 0.1) is 6.92 Å². The Kier molecular flexibility index (Phi) is 9.41. The topological polar surface area (TPSA) is 58.6 Å². The molecule has 36 heavy (non-hydrogen) atoms. The fourth-order valence-corrected chi connectivity index (χ4v) is 4.24. The van der Waals surface area contributed by atoms with Gasteiger partial charge in [-0.3, -0.25) is 9.59 Å². The van der Waals surface area contributed by atoms with Gasteiger partial charge >= 0.3 is 0 Å². The first kappa shape index (κ1) is 27.6. The molecule has 0 aromatic heterocycles. The summed E-state index contributed by atoms with van der Waals surface area (Å²) in [6, 6.07) is 21.4. The Bertz CT molecular complexity index is 1160. The lowest BCUT2D eigenvalue weighted by atomic mass is 10.0. The van der Waals surface area contributed by atoms with Crippen molar-refractivity contribution in [1.29, 1.82) is 0 Å². The van der Waals surface area contributed by atoms with E-state index in [9.17, 15) is 9.59 Å². The van der Waals surface area contributed by atoms with Crippen molar-refractivity contribution in [3.8, 4) is 5.75 Å². The summed E-state index contributed by atoms with van der Waals surface area (Å²) in [5, 5.41) is 3.88. The normalized spacial score (nSPS) is 12.1. The minimum absolute atomic E-state index is 0.0592. The fraction of sp³-hybridized carbons (Fsp3) is 0.310. The van der Waals surface area contributed by atoms with E-state index in [0.717, 1.165) is 11.1 Å². The summed E-state index contributed by atoms with van der Waals surface area (Å²) in [4.78, 5) is 28.7. The van der Waals surface area contributed by atoms with Crippen LogP contribution >= 0.6 is 23.2 Å². The zero-order valence-electron chi connectivity index (χ0n) is 21.1. The number of amides is 2. The van der Waals surface area contributed by atoms with E-state index in [1.54, 1.807) is 18.2 Å². The summed E-state index contributed by atoms with van der Waals surface area (Å²) in [6.45, 7) is 7.52. The van der Waals surface area contributed by atoms with Crippen molar-refractivity contribution in [2.24, 2.45) is 0 Å². The van der Waals surface area contributed by atoms with Crippen LogP contribution in [0.1, 0.15) is 37.5 Å². The van der Waals surface area contributed by atoms with Gasteiger partial charge in [0.2, 0.25) is 5.91 Å². The lowest BCUT2D eigenvalue weighted by Gasteiger charge is -2.34. The highest BCUT2D eigenvalue weighted by Gasteiger charge is 2.33. The molecule has 0 fully saturated rings. The van der Waals surface area contributed by atoms with Crippen LogP contribution < -0.4 is 10.1 Å². The molecule has 0 bridgehead atoms. The highest BCUT2D eigenvalue weighted by Crippen LogP contribution is 2.27. The van der Waals surface area contributed by atoms with E-state index in [0.29, 0.717) is 27.8 Å². The van der Waals surface area contributed by atoms with Crippen molar-refractivity contribution >= 4 is 35.0 Å². The SMILES string of the molecule is Cc1ccc(OCC(=O)N(Cc2c(Cl)cccc2Cl)C(Cc2ccccc2)C(=O)NC(C)(C)C)cc1. The second-order valence-electron chi connectivity index (χ2n) is 9.77. The average molecular weight is 527 g/mol. The molecule has 0 aliphatic rings. The van der Waals surface area contributed by atoms with Gasteiger partial charge in [-0.25, -0.2) is 0 Å². The van der Waals surface area contributed by atoms with E-state index in [2.05, 4.69) is 5.32 Å². The van der Waals surface area contributed by atoms with E-state index in [1.807, 2.05) is 82.3 Å². The van der Waals surface area contributed by atoms with Gasteiger partial charge < -0.3 is 15.0 Å². The van der Waals surface area contributed by atoms with Crippen molar-refractivity contribution in [3.05, 3.63) is 99.5 Å². The quantitative estimate of drug-likeness (QED) is 0.359. The fourth-order valence-electron chi connectivity index (χ4n) is 3.72. The molecule has 0 saturated carbocycles. The molecule has 0 heterocycles. The lowest BCUT2D eigenvalue weighted by Crippen LogP contribution is -2.55. The first-order valence-electron chi connectivity index (χ1n) is 11.8. The van der Waals surface area contributed by atoms with Crippen LogP contribution in [0.2, 0.25) is 10.0 Å². The van der Waals surface area contributed by atoms with Crippen LogP contribution in [-0.2, 0) is 22.6 Å². The van der Waals surface area contributed by atoms with Crippen molar-refractivity contribution in [2.45, 2.75) is 52.2 Å². The number of hydrogen-bond acceptors (Lipinski definition) is 3. The third kappa shape index (κ3) is 8.00. The van der Waals surface area contributed by atoms with Gasteiger partial charge in [-0.15, -0.1) is 0 Å². The molecule has 0 radical (unpaired) electrons. The summed E-state index contributed by atoms with van der Waals surface area (Å²) in [7, 11) is 0. The molecule has 1 N–H and O–H groups in total. The summed E-state index contributed by atoms with van der Waals surface area (Å²) in [5.41, 5.74) is 2.10. The molecular formula is C29H32Cl2N2O3. The van der Waals surface area contributed by atoms with Crippen LogP contribution in [0.5, 0.6) is 5.75 Å². The molecule has 190 valence electrons. The Hall–Kier alpha value is -3.02. The minimum atomic E-state index is -0.812. The van der Waals surface area contributed by atoms with Crippen LogP contribution in [0.25, 0.3) is 0 Å². The Labute approximate surface area is 223 Å². The first-order valence-corrected chi connectivity index (χ1v) is 12.6. The molecule has 0 saturated heterocycles. The number of nitrogens with one attached hydrogen (secondary N) is 1. The van der Waals surface area contributed by atoms with E-state index in [1.165, 1.54) is 4.90 Å². The van der Waals surface area contributed by atoms with E-state index < -0.39 is 11.6 Å². The standard InChI is InChI=1S/C29H32Cl2N2O3/c1-20-13-15-22(16-14-20)36-19-27(34)33(18-23-24(30)11-8-12-25(23)31)26(28(35)32-29(2,3)4)17-21-9-6-5-7-10-21/h5-16,26H,17-19H2,1-4H3,(H,32,35). The number of aryl methyl sites for hydroxylation is 1. The number of carbonyl (C=O) groups is 2. The van der Waals surface area contributed by atoms with Crippen LogP contribution in [-0.4, -0.2) is 34.9 Å². The number of benzene rings is 3. The maximum absolute atomic E-state index is 13.6.